The van der Waals surface area contributed by atoms with Crippen molar-refractivity contribution in [1.82, 2.24) is 0 Å². The van der Waals surface area contributed by atoms with Crippen LogP contribution in [0, 0.1) is 0 Å². The Morgan fingerprint density at radius 3 is 0.853 bits per heavy atom. The number of carbonyl (C=O) groups is 3. The molecule has 0 heterocycles. The van der Waals surface area contributed by atoms with Crippen LogP contribution in [-0.2, 0) is 28.6 Å². The lowest BCUT2D eigenvalue weighted by molar-refractivity contribution is -0.167. The first-order valence-electron chi connectivity index (χ1n) is 32.1. The summed E-state index contributed by atoms with van der Waals surface area (Å²) in [7, 11) is 0. The van der Waals surface area contributed by atoms with Gasteiger partial charge >= 0.3 is 17.9 Å². The number of esters is 3. The van der Waals surface area contributed by atoms with Gasteiger partial charge in [0.15, 0.2) is 6.10 Å². The highest BCUT2D eigenvalue weighted by Crippen LogP contribution is 2.17. The lowest BCUT2D eigenvalue weighted by Gasteiger charge is -2.18. The van der Waals surface area contributed by atoms with Gasteiger partial charge in [0.1, 0.15) is 13.2 Å². The lowest BCUT2D eigenvalue weighted by atomic mass is 10.0. The van der Waals surface area contributed by atoms with Crippen molar-refractivity contribution in [2.45, 2.75) is 322 Å². The van der Waals surface area contributed by atoms with Crippen LogP contribution >= 0.6 is 0 Å². The number of rotatable bonds is 58. The first-order chi connectivity index (χ1) is 37.0. The fourth-order valence-electron chi connectivity index (χ4n) is 9.09. The van der Waals surface area contributed by atoms with Crippen LogP contribution in [0.1, 0.15) is 316 Å². The van der Waals surface area contributed by atoms with E-state index < -0.39 is 6.10 Å². The van der Waals surface area contributed by atoms with Crippen molar-refractivity contribution >= 4 is 17.9 Å². The van der Waals surface area contributed by atoms with Gasteiger partial charge < -0.3 is 14.2 Å². The molecule has 75 heavy (non-hydrogen) atoms. The van der Waals surface area contributed by atoms with Crippen LogP contribution in [0.25, 0.3) is 0 Å². The summed E-state index contributed by atoms with van der Waals surface area (Å²) in [4.78, 5) is 38.2. The maximum atomic E-state index is 12.8. The Morgan fingerprint density at radius 1 is 0.280 bits per heavy atom. The highest BCUT2D eigenvalue weighted by atomic mass is 16.6. The van der Waals surface area contributed by atoms with Crippen molar-refractivity contribution < 1.29 is 28.6 Å². The summed E-state index contributed by atoms with van der Waals surface area (Å²) in [5.74, 6) is -0.873. The predicted molar refractivity (Wildman–Crippen MR) is 325 cm³/mol. The molecule has 0 aliphatic heterocycles. The molecular formula is C69H120O6. The number of carbonyl (C=O) groups excluding carboxylic acids is 3. The zero-order valence-electron chi connectivity index (χ0n) is 49.6. The first kappa shape index (κ1) is 71.6. The Labute approximate surface area is 465 Å². The molecule has 0 aliphatic carbocycles. The van der Waals surface area contributed by atoms with Crippen molar-refractivity contribution in [3.05, 3.63) is 85.1 Å². The molecule has 6 heteroatoms. The van der Waals surface area contributed by atoms with Crippen molar-refractivity contribution in [3.63, 3.8) is 0 Å². The molecule has 1 unspecified atom stereocenters. The Kier molecular flexibility index (Phi) is 60.3. The molecule has 0 N–H and O–H groups in total. The van der Waals surface area contributed by atoms with Crippen LogP contribution in [0.2, 0.25) is 0 Å². The SMILES string of the molecule is CC/C=C\C/C=C\C/C=C\C/C=C\C/C=C\C/C=C\CCCCCCCCCCCCCCCCC(=O)OCC(COC(=O)CCCCCCCCCCCCCC)OC(=O)CCCCCCC/C=C\CCCCC. The monoisotopic (exact) mass is 1040 g/mol. The number of hydrogen-bond donors (Lipinski definition) is 0. The third-order valence-corrected chi connectivity index (χ3v) is 13.9. The van der Waals surface area contributed by atoms with Crippen LogP contribution in [-0.4, -0.2) is 37.2 Å². The maximum Gasteiger partial charge on any atom is 0.306 e. The molecule has 0 aliphatic rings. The molecule has 0 aromatic carbocycles. The number of allylic oxidation sites excluding steroid dienone is 14. The first-order valence-corrected chi connectivity index (χ1v) is 32.1. The zero-order valence-corrected chi connectivity index (χ0v) is 49.6. The molecule has 0 spiro atoms. The van der Waals surface area contributed by atoms with Gasteiger partial charge in [-0.1, -0.05) is 286 Å². The van der Waals surface area contributed by atoms with Crippen LogP contribution in [0.4, 0.5) is 0 Å². The molecule has 0 aromatic rings. The van der Waals surface area contributed by atoms with E-state index in [2.05, 4.69) is 106 Å². The van der Waals surface area contributed by atoms with Crippen molar-refractivity contribution in [2.75, 3.05) is 13.2 Å². The summed E-state index contributed by atoms with van der Waals surface area (Å²) >= 11 is 0. The average Bonchev–Trinajstić information content (AvgIpc) is 3.41. The second-order valence-corrected chi connectivity index (χ2v) is 21.3. The summed E-state index contributed by atoms with van der Waals surface area (Å²) in [6.45, 7) is 6.52. The zero-order chi connectivity index (χ0) is 54.3. The Bertz CT molecular complexity index is 1430. The van der Waals surface area contributed by atoms with E-state index in [9.17, 15) is 14.4 Å². The van der Waals surface area contributed by atoms with E-state index in [1.807, 2.05) is 0 Å². The summed E-state index contributed by atoms with van der Waals surface area (Å²) in [5.41, 5.74) is 0. The van der Waals surface area contributed by atoms with E-state index >= 15 is 0 Å². The summed E-state index contributed by atoms with van der Waals surface area (Å²) < 4.78 is 16.9. The minimum atomic E-state index is -0.777. The molecule has 0 radical (unpaired) electrons. The van der Waals surface area contributed by atoms with Gasteiger partial charge in [-0.3, -0.25) is 14.4 Å². The van der Waals surface area contributed by atoms with Gasteiger partial charge in [0.2, 0.25) is 0 Å². The van der Waals surface area contributed by atoms with Crippen LogP contribution in [0.3, 0.4) is 0 Å². The number of unbranched alkanes of at least 4 members (excludes halogenated alkanes) is 33. The standard InChI is InChI=1S/C69H120O6/c1-4-7-10-13-16-19-22-25-26-27-28-29-30-31-32-33-34-35-36-37-38-39-40-41-42-43-44-45-48-50-53-56-59-62-68(71)74-65-66(75-69(72)63-60-57-54-51-47-24-21-18-15-12-9-6-3)64-73-67(70)61-58-55-52-49-46-23-20-17-14-11-8-5-2/h7,10,16,18-19,21,25-26,28-29,31-32,34-35,66H,4-6,8-9,11-15,17,20,22-24,27,30,33,36-65H2,1-3H3/b10-7-,19-16-,21-18-,26-25-,29-28-,32-31-,35-34-. The second-order valence-electron chi connectivity index (χ2n) is 21.3. The molecule has 432 valence electrons. The second kappa shape index (κ2) is 63.1. The van der Waals surface area contributed by atoms with Gasteiger partial charge in [0, 0.05) is 19.3 Å². The van der Waals surface area contributed by atoms with Crippen molar-refractivity contribution in [2.24, 2.45) is 0 Å². The summed E-state index contributed by atoms with van der Waals surface area (Å²) in [6.07, 6.45) is 83.2. The van der Waals surface area contributed by atoms with E-state index in [0.29, 0.717) is 19.3 Å². The highest BCUT2D eigenvalue weighted by molar-refractivity contribution is 5.71. The third-order valence-electron chi connectivity index (χ3n) is 13.9. The van der Waals surface area contributed by atoms with Crippen LogP contribution in [0.5, 0.6) is 0 Å². The van der Waals surface area contributed by atoms with Gasteiger partial charge in [-0.25, -0.2) is 0 Å². The maximum absolute atomic E-state index is 12.8. The van der Waals surface area contributed by atoms with Crippen LogP contribution < -0.4 is 0 Å². The van der Waals surface area contributed by atoms with E-state index in [1.165, 1.54) is 167 Å². The Balaban J connectivity index is 4.11. The minimum absolute atomic E-state index is 0.0750. The molecule has 0 bridgehead atoms. The van der Waals surface area contributed by atoms with E-state index in [4.69, 9.17) is 14.2 Å². The molecule has 0 rings (SSSR count). The largest absolute Gasteiger partial charge is 0.462 e. The average molecular weight is 1050 g/mol. The normalized spacial score (nSPS) is 12.6. The van der Waals surface area contributed by atoms with Gasteiger partial charge in [-0.05, 0) is 96.3 Å². The van der Waals surface area contributed by atoms with E-state index in [0.717, 1.165) is 109 Å². The number of hydrogen-bond acceptors (Lipinski definition) is 6. The fraction of sp³-hybridized carbons (Fsp3) is 0.754. The van der Waals surface area contributed by atoms with Gasteiger partial charge in [-0.2, -0.15) is 0 Å². The van der Waals surface area contributed by atoms with Crippen molar-refractivity contribution in [1.29, 1.82) is 0 Å². The van der Waals surface area contributed by atoms with Gasteiger partial charge in [-0.15, -0.1) is 0 Å². The fourth-order valence-corrected chi connectivity index (χ4v) is 9.09. The smallest absolute Gasteiger partial charge is 0.306 e. The van der Waals surface area contributed by atoms with Gasteiger partial charge in [0.05, 0.1) is 0 Å². The molecule has 0 amide bonds. The Morgan fingerprint density at radius 2 is 0.520 bits per heavy atom. The van der Waals surface area contributed by atoms with Crippen LogP contribution in [0.15, 0.2) is 85.1 Å². The molecule has 0 saturated heterocycles. The summed E-state index contributed by atoms with van der Waals surface area (Å²) in [6, 6.07) is 0. The molecule has 0 saturated carbocycles. The quantitative estimate of drug-likeness (QED) is 0.0261. The van der Waals surface area contributed by atoms with Gasteiger partial charge in [0.25, 0.3) is 0 Å². The molecule has 0 aromatic heterocycles. The molecule has 0 fully saturated rings. The third kappa shape index (κ3) is 61.3. The lowest BCUT2D eigenvalue weighted by Crippen LogP contribution is -2.30. The van der Waals surface area contributed by atoms with Crippen molar-refractivity contribution in [3.8, 4) is 0 Å². The minimum Gasteiger partial charge on any atom is -0.462 e. The Hall–Kier alpha value is -3.41. The van der Waals surface area contributed by atoms with E-state index in [-0.39, 0.29) is 31.1 Å². The molecule has 6 nitrogen and oxygen atoms in total. The highest BCUT2D eigenvalue weighted by Gasteiger charge is 2.19. The number of ether oxygens (including phenoxy) is 3. The molecular weight excluding hydrogens is 925 g/mol. The summed E-state index contributed by atoms with van der Waals surface area (Å²) in [5, 5.41) is 0. The topological polar surface area (TPSA) is 78.9 Å². The van der Waals surface area contributed by atoms with E-state index in [1.54, 1.807) is 0 Å². The predicted octanol–water partition coefficient (Wildman–Crippen LogP) is 21.9. The molecule has 1 atom stereocenters.